The van der Waals surface area contributed by atoms with Crippen LogP contribution in [0.25, 0.3) is 0 Å². The van der Waals surface area contributed by atoms with Gasteiger partial charge in [0, 0.05) is 19.3 Å². The monoisotopic (exact) mass is 237 g/mol. The molecule has 1 unspecified atom stereocenters. The number of hydrogen-bond acceptors (Lipinski definition) is 2. The molecule has 3 heteroatoms. The summed E-state index contributed by atoms with van der Waals surface area (Å²) >= 11 is 0. The van der Waals surface area contributed by atoms with Crippen molar-refractivity contribution < 1.29 is 0 Å². The van der Waals surface area contributed by atoms with Crippen LogP contribution < -0.4 is 5.73 Å². The average Bonchev–Trinajstić information content (AvgIpc) is 2.72. The van der Waals surface area contributed by atoms with Gasteiger partial charge in [-0.2, -0.15) is 5.10 Å². The second kappa shape index (κ2) is 7.49. The predicted octanol–water partition coefficient (Wildman–Crippen LogP) is 2.90. The van der Waals surface area contributed by atoms with Crippen LogP contribution in [0.2, 0.25) is 0 Å². The van der Waals surface area contributed by atoms with Crippen LogP contribution in [0.1, 0.15) is 51.5 Å². The zero-order valence-corrected chi connectivity index (χ0v) is 11.5. The van der Waals surface area contributed by atoms with Crippen LogP contribution in [0.3, 0.4) is 0 Å². The highest BCUT2D eigenvalue weighted by Crippen LogP contribution is 2.19. The van der Waals surface area contributed by atoms with Gasteiger partial charge in [-0.25, -0.2) is 0 Å². The van der Waals surface area contributed by atoms with Crippen molar-refractivity contribution in [1.29, 1.82) is 0 Å². The van der Waals surface area contributed by atoms with Crippen molar-refractivity contribution >= 4 is 0 Å². The van der Waals surface area contributed by atoms with Crippen LogP contribution >= 0.6 is 0 Å². The molecule has 0 aliphatic carbocycles. The minimum Gasteiger partial charge on any atom is -0.327 e. The van der Waals surface area contributed by atoms with Crippen LogP contribution in [0, 0.1) is 5.92 Å². The van der Waals surface area contributed by atoms with Gasteiger partial charge in [-0.05, 0) is 37.2 Å². The molecule has 17 heavy (non-hydrogen) atoms. The highest BCUT2D eigenvalue weighted by atomic mass is 15.2. The van der Waals surface area contributed by atoms with Crippen LogP contribution in [0.4, 0.5) is 0 Å². The van der Waals surface area contributed by atoms with E-state index in [4.69, 9.17) is 5.73 Å². The summed E-state index contributed by atoms with van der Waals surface area (Å²) in [6, 6.07) is 0.343. The molecule has 1 atom stereocenters. The first-order valence-corrected chi connectivity index (χ1v) is 6.90. The van der Waals surface area contributed by atoms with Gasteiger partial charge < -0.3 is 5.73 Å². The van der Waals surface area contributed by atoms with Gasteiger partial charge in [-0.1, -0.05) is 26.7 Å². The zero-order chi connectivity index (χ0) is 12.7. The lowest BCUT2D eigenvalue weighted by atomic mass is 9.88. The molecule has 2 N–H and O–H groups in total. The SMILES string of the molecule is CCCC(CCC)C(N)CCc1cnn(C)c1. The molecule has 0 saturated carbocycles. The van der Waals surface area contributed by atoms with Gasteiger partial charge in [0.15, 0.2) is 0 Å². The zero-order valence-electron chi connectivity index (χ0n) is 11.5. The van der Waals surface area contributed by atoms with E-state index in [1.807, 2.05) is 17.9 Å². The fourth-order valence-corrected chi connectivity index (χ4v) is 2.48. The highest BCUT2D eigenvalue weighted by Gasteiger charge is 2.16. The van der Waals surface area contributed by atoms with Gasteiger partial charge in [-0.15, -0.1) is 0 Å². The molecular formula is C14H27N3. The molecule has 0 aromatic carbocycles. The molecule has 0 bridgehead atoms. The van der Waals surface area contributed by atoms with E-state index in [1.54, 1.807) is 0 Å². The van der Waals surface area contributed by atoms with Crippen molar-refractivity contribution in [1.82, 2.24) is 9.78 Å². The summed E-state index contributed by atoms with van der Waals surface area (Å²) < 4.78 is 1.86. The van der Waals surface area contributed by atoms with E-state index >= 15 is 0 Å². The van der Waals surface area contributed by atoms with Crippen LogP contribution in [-0.2, 0) is 13.5 Å². The summed E-state index contributed by atoms with van der Waals surface area (Å²) in [5.74, 6) is 0.696. The molecule has 0 radical (unpaired) electrons. The Hall–Kier alpha value is -0.830. The third-order valence-electron chi connectivity index (χ3n) is 3.45. The number of aryl methyl sites for hydroxylation is 2. The molecule has 3 nitrogen and oxygen atoms in total. The van der Waals surface area contributed by atoms with Crippen LogP contribution in [0.5, 0.6) is 0 Å². The molecule has 0 fully saturated rings. The lowest BCUT2D eigenvalue weighted by molar-refractivity contribution is 0.347. The van der Waals surface area contributed by atoms with E-state index in [2.05, 4.69) is 25.1 Å². The van der Waals surface area contributed by atoms with Crippen molar-refractivity contribution in [3.05, 3.63) is 18.0 Å². The van der Waals surface area contributed by atoms with Crippen molar-refractivity contribution in [2.45, 2.75) is 58.4 Å². The van der Waals surface area contributed by atoms with Crippen molar-refractivity contribution in [2.75, 3.05) is 0 Å². The molecule has 1 aromatic rings. The van der Waals surface area contributed by atoms with Gasteiger partial charge >= 0.3 is 0 Å². The Kier molecular flexibility index (Phi) is 6.27. The molecule has 0 spiro atoms. The fourth-order valence-electron chi connectivity index (χ4n) is 2.48. The Morgan fingerprint density at radius 1 is 1.24 bits per heavy atom. The van der Waals surface area contributed by atoms with Crippen molar-refractivity contribution in [3.63, 3.8) is 0 Å². The highest BCUT2D eigenvalue weighted by molar-refractivity contribution is 5.04. The summed E-state index contributed by atoms with van der Waals surface area (Å²) in [5.41, 5.74) is 7.62. The average molecular weight is 237 g/mol. The first kappa shape index (κ1) is 14.2. The molecule has 0 amide bonds. The van der Waals surface area contributed by atoms with Gasteiger partial charge in [-0.3, -0.25) is 4.68 Å². The maximum Gasteiger partial charge on any atom is 0.0521 e. The summed E-state index contributed by atoms with van der Waals surface area (Å²) in [6.07, 6.45) is 11.2. The third-order valence-corrected chi connectivity index (χ3v) is 3.45. The standard InChI is InChI=1S/C14H27N3/c1-4-6-13(7-5-2)14(15)9-8-12-10-16-17(3)11-12/h10-11,13-14H,4-9,15H2,1-3H3. The number of rotatable bonds is 8. The van der Waals surface area contributed by atoms with E-state index in [0.29, 0.717) is 12.0 Å². The summed E-state index contributed by atoms with van der Waals surface area (Å²) in [6.45, 7) is 4.49. The van der Waals surface area contributed by atoms with Crippen LogP contribution in [-0.4, -0.2) is 15.8 Å². The molecule has 0 aliphatic rings. The minimum atomic E-state index is 0.343. The molecule has 0 aliphatic heterocycles. The molecule has 1 heterocycles. The van der Waals surface area contributed by atoms with Crippen LogP contribution in [0.15, 0.2) is 12.4 Å². The number of aromatic nitrogens is 2. The van der Waals surface area contributed by atoms with E-state index in [0.717, 1.165) is 12.8 Å². The molecule has 1 aromatic heterocycles. The van der Waals surface area contributed by atoms with Gasteiger partial charge in [0.2, 0.25) is 0 Å². The van der Waals surface area contributed by atoms with Gasteiger partial charge in [0.05, 0.1) is 6.20 Å². The number of hydrogen-bond donors (Lipinski definition) is 1. The summed E-state index contributed by atoms with van der Waals surface area (Å²) in [4.78, 5) is 0. The van der Waals surface area contributed by atoms with E-state index in [1.165, 1.54) is 31.2 Å². The quantitative estimate of drug-likeness (QED) is 0.755. The molecule has 1 rings (SSSR count). The maximum absolute atomic E-state index is 6.32. The number of nitrogens with two attached hydrogens (primary N) is 1. The Labute approximate surface area is 105 Å². The lowest BCUT2D eigenvalue weighted by Gasteiger charge is -2.22. The Morgan fingerprint density at radius 3 is 2.35 bits per heavy atom. The Morgan fingerprint density at radius 2 is 1.88 bits per heavy atom. The summed E-state index contributed by atoms with van der Waals surface area (Å²) in [7, 11) is 1.96. The normalized spacial score (nSPS) is 13.2. The van der Waals surface area contributed by atoms with Crippen molar-refractivity contribution in [2.24, 2.45) is 18.7 Å². The first-order valence-electron chi connectivity index (χ1n) is 6.90. The summed E-state index contributed by atoms with van der Waals surface area (Å²) in [5, 5.41) is 4.19. The predicted molar refractivity (Wildman–Crippen MR) is 72.8 cm³/mol. The smallest absolute Gasteiger partial charge is 0.0521 e. The molecule has 98 valence electrons. The van der Waals surface area contributed by atoms with E-state index < -0.39 is 0 Å². The number of nitrogens with zero attached hydrogens (tertiary/aromatic N) is 2. The Bertz CT molecular complexity index is 300. The fraction of sp³-hybridized carbons (Fsp3) is 0.786. The van der Waals surface area contributed by atoms with Crippen molar-refractivity contribution in [3.8, 4) is 0 Å². The lowest BCUT2D eigenvalue weighted by Crippen LogP contribution is -2.30. The first-order chi connectivity index (χ1) is 8.17. The molecule has 0 saturated heterocycles. The largest absolute Gasteiger partial charge is 0.327 e. The van der Waals surface area contributed by atoms with Gasteiger partial charge in [0.1, 0.15) is 0 Å². The second-order valence-corrected chi connectivity index (χ2v) is 5.06. The molecular weight excluding hydrogens is 210 g/mol. The topological polar surface area (TPSA) is 43.8 Å². The Balaban J connectivity index is 2.38. The van der Waals surface area contributed by atoms with Gasteiger partial charge in [0.25, 0.3) is 0 Å². The second-order valence-electron chi connectivity index (χ2n) is 5.06. The maximum atomic E-state index is 6.32. The minimum absolute atomic E-state index is 0.343. The third kappa shape index (κ3) is 4.90. The van der Waals surface area contributed by atoms with E-state index in [-0.39, 0.29) is 0 Å². The van der Waals surface area contributed by atoms with E-state index in [9.17, 15) is 0 Å².